The lowest BCUT2D eigenvalue weighted by molar-refractivity contribution is 0.0988. The molecule has 0 bridgehead atoms. The Morgan fingerprint density at radius 2 is 2.07 bits per heavy atom. The van der Waals surface area contributed by atoms with Crippen molar-refractivity contribution in [1.82, 2.24) is 9.55 Å². The molecule has 0 atom stereocenters. The number of para-hydroxylation sites is 2. The number of halogens is 1. The fourth-order valence-corrected chi connectivity index (χ4v) is 1.37. The third kappa shape index (κ3) is 1.44. The minimum atomic E-state index is -0.501. The molecule has 2 N–H and O–H groups in total. The van der Waals surface area contributed by atoms with Crippen molar-refractivity contribution < 1.29 is 4.79 Å². The Hall–Kier alpha value is -1.55. The number of hydrogen-bond acceptors (Lipinski definition) is 2. The Morgan fingerprint density at radius 3 is 2.64 bits per heavy atom. The van der Waals surface area contributed by atoms with Crippen molar-refractivity contribution in [3.8, 4) is 0 Å². The standard InChI is InChI=1S/C9H9N3O.ClH/c1-12-7-5-3-2-4-6(7)11-9(12)8(10)13;/h2-5H,1H3,(H2,10,13);1H. The molecule has 5 heteroatoms. The van der Waals surface area contributed by atoms with E-state index in [1.807, 2.05) is 24.3 Å². The second-order valence-electron chi connectivity index (χ2n) is 2.85. The van der Waals surface area contributed by atoms with Crippen LogP contribution in [0, 0.1) is 0 Å². The van der Waals surface area contributed by atoms with Gasteiger partial charge in [0.1, 0.15) is 0 Å². The number of nitrogens with two attached hydrogens (primary N) is 1. The summed E-state index contributed by atoms with van der Waals surface area (Å²) < 4.78 is 1.69. The summed E-state index contributed by atoms with van der Waals surface area (Å²) in [4.78, 5) is 15.0. The Labute approximate surface area is 87.1 Å². The minimum absolute atomic E-state index is 0. The molecule has 1 aromatic heterocycles. The Morgan fingerprint density at radius 1 is 1.43 bits per heavy atom. The zero-order valence-corrected chi connectivity index (χ0v) is 8.41. The smallest absolute Gasteiger partial charge is 0.284 e. The maximum atomic E-state index is 10.9. The predicted octanol–water partition coefficient (Wildman–Crippen LogP) is 1.09. The molecule has 0 aliphatic heterocycles. The van der Waals surface area contributed by atoms with Crippen molar-refractivity contribution in [2.75, 3.05) is 0 Å². The van der Waals surface area contributed by atoms with Crippen molar-refractivity contribution >= 4 is 29.3 Å². The Balaban J connectivity index is 0.000000980. The molecule has 0 aliphatic carbocycles. The van der Waals surface area contributed by atoms with Crippen LogP contribution in [0.5, 0.6) is 0 Å². The molecule has 0 fully saturated rings. The van der Waals surface area contributed by atoms with Crippen LogP contribution in [0.3, 0.4) is 0 Å². The monoisotopic (exact) mass is 211 g/mol. The fourth-order valence-electron chi connectivity index (χ4n) is 1.37. The average molecular weight is 212 g/mol. The van der Waals surface area contributed by atoms with Crippen LogP contribution in [-0.2, 0) is 7.05 Å². The highest BCUT2D eigenvalue weighted by molar-refractivity contribution is 5.93. The van der Waals surface area contributed by atoms with Gasteiger partial charge in [-0.25, -0.2) is 4.98 Å². The molecule has 2 rings (SSSR count). The molecule has 4 nitrogen and oxygen atoms in total. The van der Waals surface area contributed by atoms with Gasteiger partial charge >= 0.3 is 0 Å². The van der Waals surface area contributed by atoms with Crippen LogP contribution in [0.1, 0.15) is 10.6 Å². The molecule has 74 valence electrons. The summed E-state index contributed by atoms with van der Waals surface area (Å²) in [6.45, 7) is 0. The van der Waals surface area contributed by atoms with Crippen LogP contribution in [0.2, 0.25) is 0 Å². The highest BCUT2D eigenvalue weighted by atomic mass is 35.5. The number of fused-ring (bicyclic) bond motifs is 1. The van der Waals surface area contributed by atoms with Gasteiger partial charge in [0.2, 0.25) is 0 Å². The first kappa shape index (κ1) is 10.5. The number of benzene rings is 1. The minimum Gasteiger partial charge on any atom is -0.363 e. The first-order valence-electron chi connectivity index (χ1n) is 3.91. The van der Waals surface area contributed by atoms with Gasteiger partial charge in [-0.05, 0) is 12.1 Å². The van der Waals surface area contributed by atoms with Crippen molar-refractivity contribution in [3.05, 3.63) is 30.1 Å². The second kappa shape index (κ2) is 3.67. The number of rotatable bonds is 1. The van der Waals surface area contributed by atoms with E-state index in [9.17, 15) is 4.79 Å². The Kier molecular flexibility index (Phi) is 2.76. The topological polar surface area (TPSA) is 60.9 Å². The van der Waals surface area contributed by atoms with Gasteiger partial charge in [-0.1, -0.05) is 12.1 Å². The lowest BCUT2D eigenvalue weighted by Gasteiger charge is -1.95. The molecule has 14 heavy (non-hydrogen) atoms. The van der Waals surface area contributed by atoms with Crippen molar-refractivity contribution in [3.63, 3.8) is 0 Å². The number of carbonyl (C=O) groups is 1. The van der Waals surface area contributed by atoms with Crippen LogP contribution in [0.15, 0.2) is 24.3 Å². The maximum Gasteiger partial charge on any atom is 0.284 e. The van der Waals surface area contributed by atoms with Gasteiger partial charge in [0.05, 0.1) is 11.0 Å². The summed E-state index contributed by atoms with van der Waals surface area (Å²) in [6, 6.07) is 7.52. The molecule has 0 spiro atoms. The number of aryl methyl sites for hydroxylation is 1. The molecule has 0 saturated heterocycles. The summed E-state index contributed by atoms with van der Waals surface area (Å²) in [6.07, 6.45) is 0. The van der Waals surface area contributed by atoms with Gasteiger partial charge in [-0.2, -0.15) is 0 Å². The molecule has 1 heterocycles. The van der Waals surface area contributed by atoms with Crippen LogP contribution < -0.4 is 5.73 Å². The van der Waals surface area contributed by atoms with Crippen LogP contribution >= 0.6 is 12.4 Å². The highest BCUT2D eigenvalue weighted by Crippen LogP contribution is 2.13. The van der Waals surface area contributed by atoms with Crippen LogP contribution in [0.4, 0.5) is 0 Å². The van der Waals surface area contributed by atoms with Gasteiger partial charge in [0.15, 0.2) is 5.82 Å². The zero-order chi connectivity index (χ0) is 9.42. The number of hydrogen-bond donors (Lipinski definition) is 1. The molecule has 0 unspecified atom stereocenters. The van der Waals surface area contributed by atoms with E-state index in [1.54, 1.807) is 11.6 Å². The quantitative estimate of drug-likeness (QED) is 0.768. The SMILES string of the molecule is Cl.Cn1c(C(N)=O)nc2ccccc21. The van der Waals surface area contributed by atoms with Gasteiger partial charge in [0.25, 0.3) is 5.91 Å². The zero-order valence-electron chi connectivity index (χ0n) is 7.60. The lowest BCUT2D eigenvalue weighted by Crippen LogP contribution is -2.16. The number of primary amides is 1. The first-order chi connectivity index (χ1) is 6.20. The molecule has 2 aromatic rings. The van der Waals surface area contributed by atoms with Crippen LogP contribution in [0.25, 0.3) is 11.0 Å². The van der Waals surface area contributed by atoms with E-state index in [2.05, 4.69) is 4.98 Å². The van der Waals surface area contributed by atoms with Crippen LogP contribution in [-0.4, -0.2) is 15.5 Å². The number of carbonyl (C=O) groups excluding carboxylic acids is 1. The lowest BCUT2D eigenvalue weighted by atomic mass is 10.3. The van der Waals surface area contributed by atoms with Crippen molar-refractivity contribution in [2.45, 2.75) is 0 Å². The third-order valence-electron chi connectivity index (χ3n) is 2.01. The van der Waals surface area contributed by atoms with Gasteiger partial charge in [-0.3, -0.25) is 4.79 Å². The summed E-state index contributed by atoms with van der Waals surface area (Å²) in [5, 5.41) is 0. The predicted molar refractivity (Wildman–Crippen MR) is 56.5 cm³/mol. The van der Waals surface area contributed by atoms with Gasteiger partial charge in [-0.15, -0.1) is 12.4 Å². The van der Waals surface area contributed by atoms with E-state index >= 15 is 0 Å². The molecule has 0 radical (unpaired) electrons. The number of nitrogens with zero attached hydrogens (tertiary/aromatic N) is 2. The number of aromatic nitrogens is 2. The second-order valence-corrected chi connectivity index (χ2v) is 2.85. The van der Waals surface area contributed by atoms with E-state index in [-0.39, 0.29) is 12.4 Å². The number of amides is 1. The van der Waals surface area contributed by atoms with E-state index in [1.165, 1.54) is 0 Å². The molecule has 0 aliphatic rings. The third-order valence-corrected chi connectivity index (χ3v) is 2.01. The van der Waals surface area contributed by atoms with E-state index in [4.69, 9.17) is 5.73 Å². The normalized spacial score (nSPS) is 9.79. The fraction of sp³-hybridized carbons (Fsp3) is 0.111. The van der Waals surface area contributed by atoms with E-state index in [0.717, 1.165) is 11.0 Å². The molecule has 0 saturated carbocycles. The van der Waals surface area contributed by atoms with Crippen molar-refractivity contribution in [1.29, 1.82) is 0 Å². The number of imidazole rings is 1. The molecular formula is C9H10ClN3O. The van der Waals surface area contributed by atoms with E-state index in [0.29, 0.717) is 5.82 Å². The molecule has 1 amide bonds. The summed E-state index contributed by atoms with van der Waals surface area (Å²) in [5.41, 5.74) is 6.86. The van der Waals surface area contributed by atoms with Gasteiger partial charge in [0, 0.05) is 7.05 Å². The van der Waals surface area contributed by atoms with Gasteiger partial charge < -0.3 is 10.3 Å². The molecule has 1 aromatic carbocycles. The summed E-state index contributed by atoms with van der Waals surface area (Å²) in [5.74, 6) is -0.208. The van der Waals surface area contributed by atoms with E-state index < -0.39 is 5.91 Å². The largest absolute Gasteiger partial charge is 0.363 e. The average Bonchev–Trinajstić information content (AvgIpc) is 2.45. The Bertz CT molecular complexity index is 478. The summed E-state index contributed by atoms with van der Waals surface area (Å²) >= 11 is 0. The highest BCUT2D eigenvalue weighted by Gasteiger charge is 2.10. The van der Waals surface area contributed by atoms with Crippen molar-refractivity contribution in [2.24, 2.45) is 12.8 Å². The first-order valence-corrected chi connectivity index (χ1v) is 3.91. The summed E-state index contributed by atoms with van der Waals surface area (Å²) in [7, 11) is 1.77. The maximum absolute atomic E-state index is 10.9. The molecular weight excluding hydrogens is 202 g/mol.